The summed E-state index contributed by atoms with van der Waals surface area (Å²) in [4.78, 5) is 25.0. The number of amides is 1. The molecule has 23 heavy (non-hydrogen) atoms. The van der Waals surface area contributed by atoms with Gasteiger partial charge in [-0.2, -0.15) is 0 Å². The highest BCUT2D eigenvalue weighted by atomic mass is 79.9. The van der Waals surface area contributed by atoms with Gasteiger partial charge in [0.15, 0.2) is 0 Å². The molecular formula is C17H14BrNO3S. The number of thioether (sulfide) groups is 1. The quantitative estimate of drug-likeness (QED) is 0.800. The van der Waals surface area contributed by atoms with Crippen LogP contribution < -0.4 is 5.32 Å². The first kappa shape index (κ1) is 16.1. The summed E-state index contributed by atoms with van der Waals surface area (Å²) < 4.78 is 6.23. The number of fused-ring (bicyclic) bond motifs is 1. The molecule has 3 rings (SSSR count). The number of esters is 1. The molecule has 0 saturated carbocycles. The third kappa shape index (κ3) is 4.14. The van der Waals surface area contributed by atoms with E-state index >= 15 is 0 Å². The molecule has 0 aromatic heterocycles. The van der Waals surface area contributed by atoms with Crippen LogP contribution in [-0.2, 0) is 20.9 Å². The fourth-order valence-electron chi connectivity index (χ4n) is 2.18. The van der Waals surface area contributed by atoms with Gasteiger partial charge in [-0.3, -0.25) is 9.59 Å². The number of hydrogen-bond acceptors (Lipinski definition) is 4. The SMILES string of the molecule is O=C(C[C@@H]1Sc2ccccc2NC1=O)OCc1ccc(Br)cc1. The molecule has 118 valence electrons. The highest BCUT2D eigenvalue weighted by Gasteiger charge is 2.29. The van der Waals surface area contributed by atoms with Crippen molar-refractivity contribution in [3.05, 3.63) is 58.6 Å². The number of rotatable bonds is 4. The smallest absolute Gasteiger partial charge is 0.307 e. The van der Waals surface area contributed by atoms with Gasteiger partial charge in [-0.15, -0.1) is 11.8 Å². The van der Waals surface area contributed by atoms with E-state index in [1.54, 1.807) is 0 Å². The van der Waals surface area contributed by atoms with Crippen LogP contribution >= 0.6 is 27.7 Å². The Morgan fingerprint density at radius 1 is 1.17 bits per heavy atom. The molecule has 1 heterocycles. The summed E-state index contributed by atoms with van der Waals surface area (Å²) >= 11 is 4.75. The van der Waals surface area contributed by atoms with Gasteiger partial charge in [0.05, 0.1) is 17.4 Å². The molecule has 0 unspecified atom stereocenters. The molecule has 1 N–H and O–H groups in total. The van der Waals surface area contributed by atoms with Crippen molar-refractivity contribution in [2.75, 3.05) is 5.32 Å². The summed E-state index contributed by atoms with van der Waals surface area (Å²) in [5.74, 6) is -0.533. The highest BCUT2D eigenvalue weighted by Crippen LogP contribution is 2.36. The molecule has 0 radical (unpaired) electrons. The zero-order valence-corrected chi connectivity index (χ0v) is 14.5. The highest BCUT2D eigenvalue weighted by molar-refractivity contribution is 9.10. The normalized spacial score (nSPS) is 16.4. The van der Waals surface area contributed by atoms with E-state index in [4.69, 9.17) is 4.74 Å². The topological polar surface area (TPSA) is 55.4 Å². The van der Waals surface area contributed by atoms with Gasteiger partial charge < -0.3 is 10.1 Å². The van der Waals surface area contributed by atoms with Crippen LogP contribution in [-0.4, -0.2) is 17.1 Å². The second kappa shape index (κ2) is 7.19. The van der Waals surface area contributed by atoms with Crippen LogP contribution in [0.5, 0.6) is 0 Å². The molecule has 4 nitrogen and oxygen atoms in total. The van der Waals surface area contributed by atoms with E-state index in [-0.39, 0.29) is 24.9 Å². The van der Waals surface area contributed by atoms with E-state index in [1.165, 1.54) is 11.8 Å². The molecule has 0 bridgehead atoms. The van der Waals surface area contributed by atoms with Crippen molar-refractivity contribution < 1.29 is 14.3 Å². The molecule has 1 aliphatic rings. The van der Waals surface area contributed by atoms with Crippen LogP contribution in [0.4, 0.5) is 5.69 Å². The number of anilines is 1. The van der Waals surface area contributed by atoms with Crippen LogP contribution in [0.25, 0.3) is 0 Å². The molecule has 1 atom stereocenters. The molecule has 2 aromatic carbocycles. The maximum Gasteiger partial charge on any atom is 0.307 e. The Balaban J connectivity index is 1.56. The van der Waals surface area contributed by atoms with Crippen molar-refractivity contribution >= 4 is 45.3 Å². The van der Waals surface area contributed by atoms with Gasteiger partial charge in [-0.1, -0.05) is 40.2 Å². The molecule has 2 aromatic rings. The number of ether oxygens (including phenoxy) is 1. The number of nitrogens with one attached hydrogen (secondary N) is 1. The minimum absolute atomic E-state index is 0.0569. The first-order valence-electron chi connectivity index (χ1n) is 7.08. The van der Waals surface area contributed by atoms with Gasteiger partial charge in [0, 0.05) is 9.37 Å². The standard InChI is InChI=1S/C17H14BrNO3S/c18-12-7-5-11(6-8-12)10-22-16(20)9-15-17(21)19-13-3-1-2-4-14(13)23-15/h1-8,15H,9-10H2,(H,19,21)/t15-/m0/s1. The maximum absolute atomic E-state index is 12.1. The Morgan fingerprint density at radius 3 is 2.70 bits per heavy atom. The third-order valence-corrected chi connectivity index (χ3v) is 5.18. The van der Waals surface area contributed by atoms with Gasteiger partial charge in [0.25, 0.3) is 0 Å². The van der Waals surface area contributed by atoms with Gasteiger partial charge in [-0.25, -0.2) is 0 Å². The molecule has 0 aliphatic carbocycles. The summed E-state index contributed by atoms with van der Waals surface area (Å²) in [5.41, 5.74) is 1.70. The summed E-state index contributed by atoms with van der Waals surface area (Å²) in [6.07, 6.45) is 0.0569. The molecule has 1 amide bonds. The number of halogens is 1. The zero-order chi connectivity index (χ0) is 16.2. The summed E-state index contributed by atoms with van der Waals surface area (Å²) in [6.45, 7) is 0.210. The Morgan fingerprint density at radius 2 is 1.91 bits per heavy atom. The molecular weight excluding hydrogens is 378 g/mol. The van der Waals surface area contributed by atoms with Crippen molar-refractivity contribution in [1.82, 2.24) is 0 Å². The van der Waals surface area contributed by atoms with Crippen LogP contribution in [0.15, 0.2) is 57.9 Å². The van der Waals surface area contributed by atoms with Crippen LogP contribution in [0.3, 0.4) is 0 Å². The third-order valence-electron chi connectivity index (χ3n) is 3.37. The van der Waals surface area contributed by atoms with E-state index in [2.05, 4.69) is 21.2 Å². The van der Waals surface area contributed by atoms with Crippen LogP contribution in [0.1, 0.15) is 12.0 Å². The summed E-state index contributed by atoms with van der Waals surface area (Å²) in [6, 6.07) is 15.1. The average molecular weight is 392 g/mol. The van der Waals surface area contributed by atoms with Gasteiger partial charge in [-0.05, 0) is 29.8 Å². The molecule has 6 heteroatoms. The lowest BCUT2D eigenvalue weighted by Crippen LogP contribution is -2.31. The molecule has 0 spiro atoms. The van der Waals surface area contributed by atoms with Crippen LogP contribution in [0.2, 0.25) is 0 Å². The van der Waals surface area contributed by atoms with E-state index in [1.807, 2.05) is 48.5 Å². The van der Waals surface area contributed by atoms with E-state index < -0.39 is 5.25 Å². The monoisotopic (exact) mass is 391 g/mol. The van der Waals surface area contributed by atoms with E-state index in [0.717, 1.165) is 20.6 Å². The Labute approximate surface area is 146 Å². The minimum Gasteiger partial charge on any atom is -0.461 e. The predicted molar refractivity (Wildman–Crippen MR) is 93.3 cm³/mol. The van der Waals surface area contributed by atoms with Crippen molar-refractivity contribution in [1.29, 1.82) is 0 Å². The molecule has 1 aliphatic heterocycles. The second-order valence-electron chi connectivity index (χ2n) is 5.08. The lowest BCUT2D eigenvalue weighted by molar-refractivity contribution is -0.145. The van der Waals surface area contributed by atoms with Crippen molar-refractivity contribution in [2.45, 2.75) is 23.2 Å². The average Bonchev–Trinajstić information content (AvgIpc) is 2.55. The van der Waals surface area contributed by atoms with Gasteiger partial charge in [0.1, 0.15) is 6.61 Å². The van der Waals surface area contributed by atoms with E-state index in [9.17, 15) is 9.59 Å². The number of hydrogen-bond donors (Lipinski definition) is 1. The van der Waals surface area contributed by atoms with Crippen molar-refractivity contribution in [3.8, 4) is 0 Å². The molecule has 0 saturated heterocycles. The Hall–Kier alpha value is -1.79. The summed E-state index contributed by atoms with van der Waals surface area (Å²) in [7, 11) is 0. The lowest BCUT2D eigenvalue weighted by Gasteiger charge is -2.23. The van der Waals surface area contributed by atoms with Crippen molar-refractivity contribution in [3.63, 3.8) is 0 Å². The van der Waals surface area contributed by atoms with Crippen LogP contribution in [0, 0.1) is 0 Å². The zero-order valence-electron chi connectivity index (χ0n) is 12.1. The second-order valence-corrected chi connectivity index (χ2v) is 7.24. The fraction of sp³-hybridized carbons (Fsp3) is 0.176. The number of carbonyl (C=O) groups is 2. The van der Waals surface area contributed by atoms with E-state index in [0.29, 0.717) is 0 Å². The largest absolute Gasteiger partial charge is 0.461 e. The molecule has 0 fully saturated rings. The Kier molecular flexibility index (Phi) is 5.03. The first-order chi connectivity index (χ1) is 11.1. The fourth-order valence-corrected chi connectivity index (χ4v) is 3.54. The maximum atomic E-state index is 12.1. The minimum atomic E-state index is -0.456. The lowest BCUT2D eigenvalue weighted by atomic mass is 10.2. The van der Waals surface area contributed by atoms with Crippen molar-refractivity contribution in [2.24, 2.45) is 0 Å². The predicted octanol–water partition coefficient (Wildman–Crippen LogP) is 4.00. The number of para-hydroxylation sites is 1. The first-order valence-corrected chi connectivity index (χ1v) is 8.76. The van der Waals surface area contributed by atoms with Gasteiger partial charge >= 0.3 is 5.97 Å². The number of benzene rings is 2. The Bertz CT molecular complexity index is 733. The summed E-state index contributed by atoms with van der Waals surface area (Å²) in [5, 5.41) is 2.37. The van der Waals surface area contributed by atoms with Gasteiger partial charge in [0.2, 0.25) is 5.91 Å². The number of carbonyl (C=O) groups excluding carboxylic acids is 2.